The second-order valence-electron chi connectivity index (χ2n) is 7.12. The van der Waals surface area contributed by atoms with Gasteiger partial charge < -0.3 is 24.9 Å². The molecule has 0 saturated heterocycles. The predicted octanol–water partition coefficient (Wildman–Crippen LogP) is 3.40. The summed E-state index contributed by atoms with van der Waals surface area (Å²) in [6, 6.07) is 15.0. The first-order valence-corrected chi connectivity index (χ1v) is 9.22. The average Bonchev–Trinajstić information content (AvgIpc) is 3.28. The minimum atomic E-state index is -0.141. The normalized spacial score (nSPS) is 13.9. The van der Waals surface area contributed by atoms with Crippen LogP contribution in [0.3, 0.4) is 0 Å². The smallest absolute Gasteiger partial charge is 0.242 e. The molecule has 0 radical (unpaired) electrons. The maximum atomic E-state index is 13.0. The van der Waals surface area contributed by atoms with E-state index in [2.05, 4.69) is 17.1 Å². The van der Waals surface area contributed by atoms with Crippen LogP contribution in [0.4, 0.5) is 5.69 Å². The fourth-order valence-corrected chi connectivity index (χ4v) is 4.14. The largest absolute Gasteiger partial charge is 0.733 e. The Kier molecular flexibility index (Phi) is 3.85. The molecule has 0 spiro atoms. The van der Waals surface area contributed by atoms with Crippen molar-refractivity contribution in [3.63, 3.8) is 0 Å². The second-order valence-corrected chi connectivity index (χ2v) is 7.12. The number of para-hydroxylation sites is 1. The second kappa shape index (κ2) is 6.40. The first-order valence-electron chi connectivity index (χ1n) is 9.22. The van der Waals surface area contributed by atoms with E-state index < -0.39 is 0 Å². The standard InChI is InChI=1S/C21H19N4O3/c26-21(13-23-10-8-15-19(23)6-3-7-20(15)25(27)28)24-11-9-18-16(12-24)14-4-1-2-5-17(14)22-18/h1-8,10,22,27H,9,11-13H2/q-1. The molecule has 142 valence electrons. The number of aromatic amines is 1. The first-order chi connectivity index (χ1) is 13.6. The Morgan fingerprint density at radius 3 is 2.86 bits per heavy atom. The van der Waals surface area contributed by atoms with Gasteiger partial charge in [0.1, 0.15) is 6.54 Å². The first kappa shape index (κ1) is 16.9. The van der Waals surface area contributed by atoms with Crippen LogP contribution in [-0.4, -0.2) is 32.1 Å². The van der Waals surface area contributed by atoms with Gasteiger partial charge in [-0.15, -0.1) is 0 Å². The van der Waals surface area contributed by atoms with Gasteiger partial charge in [-0.2, -0.15) is 0 Å². The molecular formula is C21H19N4O3-. The summed E-state index contributed by atoms with van der Waals surface area (Å²) < 4.78 is 1.81. The summed E-state index contributed by atoms with van der Waals surface area (Å²) in [6.07, 6.45) is 2.58. The number of anilines is 1. The topological polar surface area (TPSA) is 87.6 Å². The van der Waals surface area contributed by atoms with Crippen molar-refractivity contribution in [1.29, 1.82) is 0 Å². The molecule has 2 aromatic carbocycles. The molecule has 1 aliphatic rings. The van der Waals surface area contributed by atoms with E-state index in [1.165, 1.54) is 16.6 Å². The van der Waals surface area contributed by atoms with Crippen LogP contribution in [0.1, 0.15) is 11.3 Å². The number of nitrogens with zero attached hydrogens (tertiary/aromatic N) is 3. The van der Waals surface area contributed by atoms with Crippen LogP contribution in [-0.2, 0) is 24.3 Å². The third-order valence-electron chi connectivity index (χ3n) is 5.54. The highest BCUT2D eigenvalue weighted by Gasteiger charge is 2.24. The zero-order valence-corrected chi connectivity index (χ0v) is 15.1. The number of hydrogen-bond acceptors (Lipinski definition) is 4. The summed E-state index contributed by atoms with van der Waals surface area (Å²) in [5.41, 5.74) is 4.42. The van der Waals surface area contributed by atoms with Gasteiger partial charge in [0.25, 0.3) is 0 Å². The molecule has 0 saturated carbocycles. The van der Waals surface area contributed by atoms with Crippen LogP contribution in [0.5, 0.6) is 0 Å². The Morgan fingerprint density at radius 2 is 2.00 bits per heavy atom. The van der Waals surface area contributed by atoms with Crippen molar-refractivity contribution in [2.24, 2.45) is 0 Å². The molecule has 7 heteroatoms. The third kappa shape index (κ3) is 2.64. The van der Waals surface area contributed by atoms with E-state index in [0.717, 1.165) is 17.5 Å². The van der Waals surface area contributed by atoms with E-state index in [9.17, 15) is 15.2 Å². The molecule has 4 aromatic rings. The van der Waals surface area contributed by atoms with Crippen LogP contribution in [0, 0.1) is 5.21 Å². The molecular weight excluding hydrogens is 356 g/mol. The molecule has 2 aromatic heterocycles. The summed E-state index contributed by atoms with van der Waals surface area (Å²) in [4.78, 5) is 18.3. The number of nitrogens with one attached hydrogen (secondary N) is 1. The SMILES string of the molecule is O=C(Cn1ccc2c(N([O-])O)cccc21)N1CCc2[nH]c3ccccc3c2C1. The van der Waals surface area contributed by atoms with Crippen molar-refractivity contribution < 1.29 is 10.0 Å². The number of carbonyl (C=O) groups excluding carboxylic acids is 1. The van der Waals surface area contributed by atoms with Crippen molar-refractivity contribution in [2.45, 2.75) is 19.5 Å². The van der Waals surface area contributed by atoms with Crippen LogP contribution in [0.25, 0.3) is 21.8 Å². The fourth-order valence-electron chi connectivity index (χ4n) is 4.14. The minimum absolute atomic E-state index is 0.0295. The Balaban J connectivity index is 1.41. The molecule has 0 fully saturated rings. The van der Waals surface area contributed by atoms with Crippen LogP contribution in [0.2, 0.25) is 0 Å². The van der Waals surface area contributed by atoms with E-state index in [0.29, 0.717) is 18.5 Å². The summed E-state index contributed by atoms with van der Waals surface area (Å²) >= 11 is 0. The third-order valence-corrected chi connectivity index (χ3v) is 5.54. The minimum Gasteiger partial charge on any atom is -0.733 e. The number of fused-ring (bicyclic) bond motifs is 4. The van der Waals surface area contributed by atoms with E-state index in [1.807, 2.05) is 27.7 Å². The number of amides is 1. The lowest BCUT2D eigenvalue weighted by atomic mass is 10.0. The molecule has 1 aliphatic heterocycles. The van der Waals surface area contributed by atoms with Gasteiger partial charge >= 0.3 is 0 Å². The zero-order valence-electron chi connectivity index (χ0n) is 15.1. The molecule has 28 heavy (non-hydrogen) atoms. The van der Waals surface area contributed by atoms with Crippen molar-refractivity contribution in [1.82, 2.24) is 14.5 Å². The molecule has 0 aliphatic carbocycles. The maximum absolute atomic E-state index is 13.0. The maximum Gasteiger partial charge on any atom is 0.242 e. The molecule has 3 heterocycles. The Bertz CT molecular complexity index is 1190. The summed E-state index contributed by atoms with van der Waals surface area (Å²) in [7, 11) is 0. The number of carbonyl (C=O) groups is 1. The molecule has 2 N–H and O–H groups in total. The van der Waals surface area contributed by atoms with Gasteiger partial charge in [0.05, 0.1) is 11.2 Å². The highest BCUT2D eigenvalue weighted by atomic mass is 16.8. The van der Waals surface area contributed by atoms with E-state index in [1.54, 1.807) is 24.4 Å². The van der Waals surface area contributed by atoms with Gasteiger partial charge in [-0.3, -0.25) is 10.0 Å². The number of benzene rings is 2. The van der Waals surface area contributed by atoms with E-state index in [4.69, 9.17) is 0 Å². The molecule has 5 rings (SSSR count). The number of H-pyrrole nitrogens is 1. The molecule has 0 unspecified atom stereocenters. The average molecular weight is 375 g/mol. The lowest BCUT2D eigenvalue weighted by molar-refractivity contribution is -0.132. The van der Waals surface area contributed by atoms with Crippen molar-refractivity contribution in [3.05, 3.63) is 71.2 Å². The molecule has 1 amide bonds. The van der Waals surface area contributed by atoms with Gasteiger partial charge in [-0.05, 0) is 24.3 Å². The number of rotatable bonds is 3. The molecule has 0 atom stereocenters. The molecule has 0 bridgehead atoms. The van der Waals surface area contributed by atoms with Gasteiger partial charge in [0.2, 0.25) is 5.91 Å². The van der Waals surface area contributed by atoms with E-state index in [-0.39, 0.29) is 23.4 Å². The Hall–Kier alpha value is -3.29. The van der Waals surface area contributed by atoms with Crippen molar-refractivity contribution in [2.75, 3.05) is 11.8 Å². The zero-order chi connectivity index (χ0) is 19.3. The Labute approximate surface area is 160 Å². The highest BCUT2D eigenvalue weighted by Crippen LogP contribution is 2.29. The summed E-state index contributed by atoms with van der Waals surface area (Å²) in [5, 5.41) is 22.2. The van der Waals surface area contributed by atoms with Crippen LogP contribution >= 0.6 is 0 Å². The van der Waals surface area contributed by atoms with Gasteiger partial charge in [-0.1, -0.05) is 24.3 Å². The monoisotopic (exact) mass is 375 g/mol. The van der Waals surface area contributed by atoms with Crippen LogP contribution in [0.15, 0.2) is 54.7 Å². The van der Waals surface area contributed by atoms with E-state index >= 15 is 0 Å². The summed E-state index contributed by atoms with van der Waals surface area (Å²) in [5.74, 6) is 0.0295. The van der Waals surface area contributed by atoms with Crippen molar-refractivity contribution in [3.8, 4) is 0 Å². The lowest BCUT2D eigenvalue weighted by Crippen LogP contribution is -2.37. The number of aromatic nitrogens is 2. The summed E-state index contributed by atoms with van der Waals surface area (Å²) in [6.45, 7) is 1.45. The van der Waals surface area contributed by atoms with Gasteiger partial charge in [-0.25, -0.2) is 0 Å². The van der Waals surface area contributed by atoms with Crippen LogP contribution < -0.4 is 5.23 Å². The lowest BCUT2D eigenvalue weighted by Gasteiger charge is -2.27. The Morgan fingerprint density at radius 1 is 1.14 bits per heavy atom. The highest BCUT2D eigenvalue weighted by molar-refractivity contribution is 5.93. The quantitative estimate of drug-likeness (QED) is 0.537. The predicted molar refractivity (Wildman–Crippen MR) is 107 cm³/mol. The molecule has 7 nitrogen and oxygen atoms in total. The van der Waals surface area contributed by atoms with Gasteiger partial charge in [0.15, 0.2) is 0 Å². The number of hydrogen-bond donors (Lipinski definition) is 2. The van der Waals surface area contributed by atoms with Crippen molar-refractivity contribution >= 4 is 33.4 Å². The van der Waals surface area contributed by atoms with Gasteiger partial charge in [0, 0.05) is 53.3 Å². The fraction of sp³-hybridized carbons (Fsp3) is 0.190.